The van der Waals surface area contributed by atoms with E-state index in [1.807, 2.05) is 48.5 Å². The first kappa shape index (κ1) is 22.8. The topological polar surface area (TPSA) is 36.9 Å². The van der Waals surface area contributed by atoms with E-state index in [4.69, 9.17) is 4.42 Å². The lowest BCUT2D eigenvalue weighted by Crippen LogP contribution is -1.86. The maximum atomic E-state index is 9.68. The van der Waals surface area contributed by atoms with E-state index in [0.717, 1.165) is 66.4 Å². The number of furan rings is 1. The molecule has 0 aliphatic carbocycles. The molecule has 1 aromatic heterocycles. The van der Waals surface area contributed by atoms with Gasteiger partial charge in [0.2, 0.25) is 0 Å². The number of nitrogens with zero attached hydrogens (tertiary/aromatic N) is 1. The van der Waals surface area contributed by atoms with Crippen LogP contribution in [0.3, 0.4) is 0 Å². The van der Waals surface area contributed by atoms with Crippen molar-refractivity contribution in [2.24, 2.45) is 0 Å². The summed E-state index contributed by atoms with van der Waals surface area (Å²) in [6, 6.07) is 50.3. The number of benzene rings is 6. The fraction of sp³-hybridized carbons (Fsp3) is 0. The van der Waals surface area contributed by atoms with Gasteiger partial charge >= 0.3 is 0 Å². The van der Waals surface area contributed by atoms with E-state index < -0.39 is 0 Å². The zero-order chi connectivity index (χ0) is 26.2. The molecule has 39 heavy (non-hydrogen) atoms. The predicted molar refractivity (Wildman–Crippen MR) is 160 cm³/mol. The highest BCUT2D eigenvalue weighted by Gasteiger charge is 2.12. The van der Waals surface area contributed by atoms with Gasteiger partial charge in [0.25, 0.3) is 0 Å². The van der Waals surface area contributed by atoms with Crippen molar-refractivity contribution < 1.29 is 4.42 Å². The summed E-state index contributed by atoms with van der Waals surface area (Å²) >= 11 is 0. The fourth-order valence-electron chi connectivity index (χ4n) is 5.35. The number of nitriles is 1. The molecule has 0 unspecified atom stereocenters. The summed E-state index contributed by atoms with van der Waals surface area (Å²) in [6.07, 6.45) is 0. The van der Waals surface area contributed by atoms with E-state index in [1.165, 1.54) is 0 Å². The second-order valence-electron chi connectivity index (χ2n) is 9.72. The van der Waals surface area contributed by atoms with Gasteiger partial charge in [-0.2, -0.15) is 5.26 Å². The summed E-state index contributed by atoms with van der Waals surface area (Å²) in [7, 11) is 0. The Kier molecular flexibility index (Phi) is 5.54. The van der Waals surface area contributed by atoms with Gasteiger partial charge in [-0.25, -0.2) is 0 Å². The zero-order valence-corrected chi connectivity index (χ0v) is 21.1. The fourth-order valence-corrected chi connectivity index (χ4v) is 5.35. The molecule has 7 rings (SSSR count). The second kappa shape index (κ2) is 9.49. The molecule has 0 spiro atoms. The van der Waals surface area contributed by atoms with E-state index in [2.05, 4.69) is 97.1 Å². The third-order valence-corrected chi connectivity index (χ3v) is 7.30. The highest BCUT2D eigenvalue weighted by Crippen LogP contribution is 2.37. The largest absolute Gasteiger partial charge is 0.455 e. The molecular formula is C37H23NO. The molecule has 7 aromatic rings. The molecule has 0 saturated carbocycles. The molecule has 0 N–H and O–H groups in total. The summed E-state index contributed by atoms with van der Waals surface area (Å²) in [4.78, 5) is 0. The van der Waals surface area contributed by atoms with Gasteiger partial charge in [-0.1, -0.05) is 109 Å². The van der Waals surface area contributed by atoms with Crippen molar-refractivity contribution in [3.63, 3.8) is 0 Å². The minimum Gasteiger partial charge on any atom is -0.455 e. The average molecular weight is 498 g/mol. The highest BCUT2D eigenvalue weighted by atomic mass is 16.3. The first-order valence-electron chi connectivity index (χ1n) is 13.0. The van der Waals surface area contributed by atoms with Crippen LogP contribution in [-0.2, 0) is 0 Å². The molecule has 0 amide bonds. The van der Waals surface area contributed by atoms with Crippen molar-refractivity contribution in [3.8, 4) is 50.6 Å². The molecule has 0 aliphatic rings. The van der Waals surface area contributed by atoms with Gasteiger partial charge < -0.3 is 4.42 Å². The lowest BCUT2D eigenvalue weighted by Gasteiger charge is -2.10. The Morgan fingerprint density at radius 3 is 1.79 bits per heavy atom. The molecule has 1 heterocycles. The van der Waals surface area contributed by atoms with Gasteiger partial charge in [0.15, 0.2) is 0 Å². The zero-order valence-electron chi connectivity index (χ0n) is 21.1. The van der Waals surface area contributed by atoms with Crippen LogP contribution in [0.4, 0.5) is 0 Å². The molecule has 0 saturated heterocycles. The molecule has 0 atom stereocenters. The van der Waals surface area contributed by atoms with Crippen LogP contribution in [0.5, 0.6) is 0 Å². The Hall–Kier alpha value is -5.39. The van der Waals surface area contributed by atoms with E-state index in [1.54, 1.807) is 0 Å². The Morgan fingerprint density at radius 1 is 0.436 bits per heavy atom. The summed E-state index contributed by atoms with van der Waals surface area (Å²) < 4.78 is 6.26. The van der Waals surface area contributed by atoms with Crippen LogP contribution in [0.2, 0.25) is 0 Å². The number of hydrogen-bond donors (Lipinski definition) is 0. The van der Waals surface area contributed by atoms with Crippen LogP contribution in [0.25, 0.3) is 66.4 Å². The summed E-state index contributed by atoms with van der Waals surface area (Å²) in [5, 5.41) is 12.0. The monoisotopic (exact) mass is 497 g/mol. The maximum absolute atomic E-state index is 9.68. The molecule has 2 nitrogen and oxygen atoms in total. The van der Waals surface area contributed by atoms with Crippen LogP contribution in [0.15, 0.2) is 144 Å². The van der Waals surface area contributed by atoms with E-state index >= 15 is 0 Å². The SMILES string of the molecule is N#Cc1cc(-c2ccccc2)cc(-c2cccc(-c3ccc(-c4cccc5c4oc4ccccc45)cc3)c2)c1. The summed E-state index contributed by atoms with van der Waals surface area (Å²) in [5.74, 6) is 0. The lowest BCUT2D eigenvalue weighted by molar-refractivity contribution is 0.670. The van der Waals surface area contributed by atoms with E-state index in [0.29, 0.717) is 5.56 Å². The molecule has 0 aliphatic heterocycles. The van der Waals surface area contributed by atoms with Crippen molar-refractivity contribution in [1.82, 2.24) is 0 Å². The van der Waals surface area contributed by atoms with E-state index in [9.17, 15) is 5.26 Å². The Labute approximate surface area is 227 Å². The second-order valence-corrected chi connectivity index (χ2v) is 9.72. The predicted octanol–water partition coefficient (Wildman–Crippen LogP) is 10.1. The van der Waals surface area contributed by atoms with Crippen LogP contribution in [0.1, 0.15) is 5.56 Å². The van der Waals surface area contributed by atoms with E-state index in [-0.39, 0.29) is 0 Å². The first-order valence-corrected chi connectivity index (χ1v) is 13.0. The van der Waals surface area contributed by atoms with Crippen LogP contribution < -0.4 is 0 Å². The van der Waals surface area contributed by atoms with Crippen LogP contribution in [0, 0.1) is 11.3 Å². The van der Waals surface area contributed by atoms with Gasteiger partial charge in [0.05, 0.1) is 11.6 Å². The summed E-state index contributed by atoms with van der Waals surface area (Å²) in [5.41, 5.74) is 11.2. The smallest absolute Gasteiger partial charge is 0.143 e. The Morgan fingerprint density at radius 2 is 1.00 bits per heavy atom. The minimum atomic E-state index is 0.654. The molecule has 0 fully saturated rings. The average Bonchev–Trinajstić information content (AvgIpc) is 3.40. The number of fused-ring (bicyclic) bond motifs is 3. The molecule has 2 heteroatoms. The van der Waals surface area contributed by atoms with Crippen molar-refractivity contribution in [2.45, 2.75) is 0 Å². The maximum Gasteiger partial charge on any atom is 0.143 e. The van der Waals surface area contributed by atoms with Crippen molar-refractivity contribution >= 4 is 21.9 Å². The summed E-state index contributed by atoms with van der Waals surface area (Å²) in [6.45, 7) is 0. The third-order valence-electron chi connectivity index (χ3n) is 7.30. The lowest BCUT2D eigenvalue weighted by atomic mass is 9.94. The van der Waals surface area contributed by atoms with Gasteiger partial charge in [0, 0.05) is 16.3 Å². The van der Waals surface area contributed by atoms with Crippen molar-refractivity contribution in [1.29, 1.82) is 5.26 Å². The number of rotatable bonds is 4. The molecule has 6 aromatic carbocycles. The van der Waals surface area contributed by atoms with Crippen molar-refractivity contribution in [3.05, 3.63) is 145 Å². The van der Waals surface area contributed by atoms with Crippen LogP contribution >= 0.6 is 0 Å². The Bertz CT molecular complexity index is 2010. The standard InChI is InChI=1S/C37H23NO/c38-24-25-20-31(26-8-2-1-3-9-26)23-32(21-25)30-11-6-10-29(22-30)27-16-18-28(19-17-27)33-13-7-14-35-34-12-4-5-15-36(34)39-37(33)35/h1-23H. The minimum absolute atomic E-state index is 0.654. The highest BCUT2D eigenvalue weighted by molar-refractivity contribution is 6.09. The Balaban J connectivity index is 1.25. The number of hydrogen-bond acceptors (Lipinski definition) is 2. The third kappa shape index (κ3) is 4.17. The van der Waals surface area contributed by atoms with Crippen LogP contribution in [-0.4, -0.2) is 0 Å². The van der Waals surface area contributed by atoms with Gasteiger partial charge in [-0.3, -0.25) is 0 Å². The quantitative estimate of drug-likeness (QED) is 0.243. The molecule has 182 valence electrons. The molecule has 0 bridgehead atoms. The normalized spacial score (nSPS) is 11.1. The van der Waals surface area contributed by atoms with Crippen molar-refractivity contribution in [2.75, 3.05) is 0 Å². The number of para-hydroxylation sites is 2. The van der Waals surface area contributed by atoms with Gasteiger partial charge in [-0.15, -0.1) is 0 Å². The van der Waals surface area contributed by atoms with Gasteiger partial charge in [0.1, 0.15) is 11.2 Å². The first-order chi connectivity index (χ1) is 19.3. The molecule has 0 radical (unpaired) electrons. The molecular weight excluding hydrogens is 474 g/mol. The van der Waals surface area contributed by atoms with Gasteiger partial charge in [-0.05, 0) is 69.3 Å².